The maximum Gasteiger partial charge on any atom is 0.237 e. The molecule has 0 spiro atoms. The highest BCUT2D eigenvalue weighted by molar-refractivity contribution is 8.00. The zero-order valence-corrected chi connectivity index (χ0v) is 14.2. The largest absolute Gasteiger partial charge is 0.325 e. The molecule has 1 heterocycles. The van der Waals surface area contributed by atoms with Gasteiger partial charge in [0.05, 0.1) is 5.25 Å². The van der Waals surface area contributed by atoms with Crippen molar-refractivity contribution >= 4 is 23.4 Å². The Morgan fingerprint density at radius 3 is 2.73 bits per heavy atom. The van der Waals surface area contributed by atoms with Crippen LogP contribution in [0.15, 0.2) is 35.7 Å². The minimum atomic E-state index is -0.241. The minimum Gasteiger partial charge on any atom is -0.325 e. The Hall–Kier alpha value is -1.82. The van der Waals surface area contributed by atoms with E-state index in [9.17, 15) is 4.79 Å². The Morgan fingerprint density at radius 1 is 1.32 bits per heavy atom. The Morgan fingerprint density at radius 2 is 2.05 bits per heavy atom. The van der Waals surface area contributed by atoms with Crippen LogP contribution < -0.4 is 5.32 Å². The third kappa shape index (κ3) is 3.88. The molecular weight excluding hydrogens is 296 g/mol. The van der Waals surface area contributed by atoms with Crippen LogP contribution in [-0.2, 0) is 11.3 Å². The van der Waals surface area contributed by atoms with Gasteiger partial charge < -0.3 is 9.88 Å². The van der Waals surface area contributed by atoms with Crippen LogP contribution in [0.5, 0.6) is 0 Å². The number of hydrogen-bond acceptors (Lipinski definition) is 4. The summed E-state index contributed by atoms with van der Waals surface area (Å²) < 4.78 is 1.93. The van der Waals surface area contributed by atoms with E-state index in [4.69, 9.17) is 0 Å². The second-order valence-corrected chi connectivity index (χ2v) is 6.70. The van der Waals surface area contributed by atoms with Crippen LogP contribution in [0.25, 0.3) is 0 Å². The summed E-state index contributed by atoms with van der Waals surface area (Å²) in [5.74, 6) is 0.339. The lowest BCUT2D eigenvalue weighted by Crippen LogP contribution is -2.23. The average Bonchev–Trinajstić information content (AvgIpc) is 2.94. The number of carbonyl (C=O) groups excluding carboxylic acids is 1. The van der Waals surface area contributed by atoms with Gasteiger partial charge in [0, 0.05) is 12.2 Å². The van der Waals surface area contributed by atoms with Crippen molar-refractivity contribution in [1.29, 1.82) is 0 Å². The van der Waals surface area contributed by atoms with Crippen molar-refractivity contribution < 1.29 is 4.79 Å². The fourth-order valence-electron chi connectivity index (χ4n) is 2.11. The Labute approximate surface area is 135 Å². The number of rotatable bonds is 6. The highest BCUT2D eigenvalue weighted by Crippen LogP contribution is 2.26. The van der Waals surface area contributed by atoms with Crippen molar-refractivity contribution in [1.82, 2.24) is 14.8 Å². The molecule has 0 radical (unpaired) electrons. The van der Waals surface area contributed by atoms with Crippen LogP contribution >= 0.6 is 11.8 Å². The van der Waals surface area contributed by atoms with Gasteiger partial charge in [0.15, 0.2) is 5.16 Å². The van der Waals surface area contributed by atoms with Crippen LogP contribution in [0.2, 0.25) is 0 Å². The predicted molar refractivity (Wildman–Crippen MR) is 90.2 cm³/mol. The van der Waals surface area contributed by atoms with E-state index in [1.54, 1.807) is 6.33 Å². The van der Waals surface area contributed by atoms with Gasteiger partial charge in [0.25, 0.3) is 0 Å². The molecule has 118 valence electrons. The van der Waals surface area contributed by atoms with Gasteiger partial charge in [-0.15, -0.1) is 10.2 Å². The lowest BCUT2D eigenvalue weighted by Gasteiger charge is -2.16. The molecule has 0 saturated heterocycles. The van der Waals surface area contributed by atoms with Crippen LogP contribution in [0.3, 0.4) is 0 Å². The number of nitrogens with one attached hydrogen (secondary N) is 1. The van der Waals surface area contributed by atoms with E-state index in [1.807, 2.05) is 42.7 Å². The Kier molecular flexibility index (Phi) is 5.60. The summed E-state index contributed by atoms with van der Waals surface area (Å²) in [6.45, 7) is 8.93. The number of thioether (sulfide) groups is 1. The molecule has 1 N–H and O–H groups in total. The summed E-state index contributed by atoms with van der Waals surface area (Å²) in [6.07, 6.45) is 1.68. The van der Waals surface area contributed by atoms with Gasteiger partial charge in [-0.2, -0.15) is 0 Å². The summed E-state index contributed by atoms with van der Waals surface area (Å²) in [5.41, 5.74) is 2.02. The lowest BCUT2D eigenvalue weighted by molar-refractivity contribution is -0.115. The molecule has 1 unspecified atom stereocenters. The molecule has 6 heteroatoms. The topological polar surface area (TPSA) is 59.8 Å². The highest BCUT2D eigenvalue weighted by atomic mass is 32.2. The molecule has 2 rings (SSSR count). The van der Waals surface area contributed by atoms with E-state index < -0.39 is 0 Å². The van der Waals surface area contributed by atoms with E-state index in [-0.39, 0.29) is 11.2 Å². The molecule has 1 atom stereocenters. The van der Waals surface area contributed by atoms with E-state index >= 15 is 0 Å². The zero-order chi connectivity index (χ0) is 16.1. The number of carbonyl (C=O) groups is 1. The van der Waals surface area contributed by atoms with Crippen molar-refractivity contribution in [2.45, 2.75) is 50.6 Å². The molecule has 1 amide bonds. The number of hydrogen-bond donors (Lipinski definition) is 1. The molecular formula is C16H22N4OS. The highest BCUT2D eigenvalue weighted by Gasteiger charge is 2.19. The SMILES string of the molecule is CCn1cnnc1SC(C)C(=O)Nc1ccccc1C(C)C. The zero-order valence-electron chi connectivity index (χ0n) is 13.4. The fourth-order valence-corrected chi connectivity index (χ4v) is 3.00. The third-order valence-electron chi connectivity index (χ3n) is 3.41. The molecule has 0 aliphatic rings. The number of anilines is 1. The van der Waals surface area contributed by atoms with Gasteiger partial charge in [-0.3, -0.25) is 4.79 Å². The summed E-state index contributed by atoms with van der Waals surface area (Å²) in [4.78, 5) is 12.4. The van der Waals surface area contributed by atoms with E-state index in [0.29, 0.717) is 5.92 Å². The molecule has 0 saturated carbocycles. The predicted octanol–water partition coefficient (Wildman–Crippen LogP) is 3.54. The van der Waals surface area contributed by atoms with Gasteiger partial charge in [-0.25, -0.2) is 0 Å². The number of aryl methyl sites for hydroxylation is 1. The average molecular weight is 318 g/mol. The van der Waals surface area contributed by atoms with E-state index in [0.717, 1.165) is 23.0 Å². The second kappa shape index (κ2) is 7.45. The first-order valence-electron chi connectivity index (χ1n) is 7.47. The van der Waals surface area contributed by atoms with Crippen LogP contribution in [0.4, 0.5) is 5.69 Å². The van der Waals surface area contributed by atoms with Crippen molar-refractivity contribution in [3.8, 4) is 0 Å². The van der Waals surface area contributed by atoms with Gasteiger partial charge >= 0.3 is 0 Å². The molecule has 0 aliphatic carbocycles. The maximum absolute atomic E-state index is 12.4. The lowest BCUT2D eigenvalue weighted by atomic mass is 10.0. The van der Waals surface area contributed by atoms with Gasteiger partial charge in [-0.05, 0) is 31.4 Å². The number of benzene rings is 1. The number of para-hydroxylation sites is 1. The van der Waals surface area contributed by atoms with Crippen LogP contribution in [0, 0.1) is 0 Å². The standard InChI is InChI=1S/C16H22N4OS/c1-5-20-10-17-19-16(20)22-12(4)15(21)18-14-9-7-6-8-13(14)11(2)3/h6-12H,5H2,1-4H3,(H,18,21). The van der Waals surface area contributed by atoms with Gasteiger partial charge in [0.1, 0.15) is 6.33 Å². The van der Waals surface area contributed by atoms with Crippen molar-refractivity contribution in [3.63, 3.8) is 0 Å². The third-order valence-corrected chi connectivity index (χ3v) is 4.51. The molecule has 2 aromatic rings. The smallest absolute Gasteiger partial charge is 0.237 e. The first kappa shape index (κ1) is 16.5. The molecule has 1 aromatic carbocycles. The molecule has 1 aromatic heterocycles. The maximum atomic E-state index is 12.4. The Bertz CT molecular complexity index is 639. The van der Waals surface area contributed by atoms with Gasteiger partial charge in [0.2, 0.25) is 5.91 Å². The molecule has 0 aliphatic heterocycles. The van der Waals surface area contributed by atoms with Crippen LogP contribution in [-0.4, -0.2) is 25.9 Å². The van der Waals surface area contributed by atoms with E-state index in [2.05, 4.69) is 29.4 Å². The number of aromatic nitrogens is 3. The fraction of sp³-hybridized carbons (Fsp3) is 0.438. The van der Waals surface area contributed by atoms with Crippen molar-refractivity contribution in [2.75, 3.05) is 5.32 Å². The normalized spacial score (nSPS) is 12.4. The summed E-state index contributed by atoms with van der Waals surface area (Å²) in [6, 6.07) is 7.92. The molecule has 5 nitrogen and oxygen atoms in total. The van der Waals surface area contributed by atoms with E-state index in [1.165, 1.54) is 11.8 Å². The van der Waals surface area contributed by atoms with Crippen LogP contribution in [0.1, 0.15) is 39.2 Å². The first-order valence-corrected chi connectivity index (χ1v) is 8.35. The minimum absolute atomic E-state index is 0.0243. The van der Waals surface area contributed by atoms with Crippen molar-refractivity contribution in [2.24, 2.45) is 0 Å². The number of nitrogens with zero attached hydrogens (tertiary/aromatic N) is 3. The summed E-state index contributed by atoms with van der Waals surface area (Å²) in [7, 11) is 0. The quantitative estimate of drug-likeness (QED) is 0.828. The molecule has 0 bridgehead atoms. The Balaban J connectivity index is 2.06. The first-order chi connectivity index (χ1) is 10.5. The molecule has 0 fully saturated rings. The second-order valence-electron chi connectivity index (χ2n) is 5.39. The monoisotopic (exact) mass is 318 g/mol. The summed E-state index contributed by atoms with van der Waals surface area (Å²) >= 11 is 1.42. The number of amides is 1. The summed E-state index contributed by atoms with van der Waals surface area (Å²) in [5, 5.41) is 11.5. The van der Waals surface area contributed by atoms with Crippen molar-refractivity contribution in [3.05, 3.63) is 36.2 Å². The molecule has 22 heavy (non-hydrogen) atoms. The van der Waals surface area contributed by atoms with Gasteiger partial charge in [-0.1, -0.05) is 43.8 Å².